The van der Waals surface area contributed by atoms with E-state index in [2.05, 4.69) is 0 Å². The standard InChI is InChI=1S/C12H14ClFO2/c13-11-6-8(14)3-4-10(11)12(15)7-9-2-1-5-16-9/h3-4,6,9,12,15H,1-2,5,7H2. The van der Waals surface area contributed by atoms with Crippen LogP contribution in [0.25, 0.3) is 0 Å². The maximum atomic E-state index is 12.8. The zero-order chi connectivity index (χ0) is 11.5. The van der Waals surface area contributed by atoms with E-state index in [1.807, 2.05) is 0 Å². The molecule has 1 aliphatic rings. The van der Waals surface area contributed by atoms with Crippen molar-refractivity contribution in [2.45, 2.75) is 31.5 Å². The molecule has 16 heavy (non-hydrogen) atoms. The van der Waals surface area contributed by atoms with Crippen molar-refractivity contribution in [2.75, 3.05) is 6.61 Å². The average molecular weight is 245 g/mol. The van der Waals surface area contributed by atoms with Crippen LogP contribution in [0.2, 0.25) is 5.02 Å². The van der Waals surface area contributed by atoms with Crippen molar-refractivity contribution < 1.29 is 14.2 Å². The summed E-state index contributed by atoms with van der Waals surface area (Å²) in [5.74, 6) is -0.391. The quantitative estimate of drug-likeness (QED) is 0.886. The molecule has 1 aromatic rings. The minimum absolute atomic E-state index is 0.0936. The maximum Gasteiger partial charge on any atom is 0.124 e. The summed E-state index contributed by atoms with van der Waals surface area (Å²) in [7, 11) is 0. The Morgan fingerprint density at radius 1 is 1.56 bits per heavy atom. The van der Waals surface area contributed by atoms with Gasteiger partial charge < -0.3 is 9.84 Å². The van der Waals surface area contributed by atoms with Crippen molar-refractivity contribution in [3.05, 3.63) is 34.6 Å². The first-order valence-electron chi connectivity index (χ1n) is 5.41. The molecule has 1 aromatic carbocycles. The molecular formula is C12H14ClFO2. The van der Waals surface area contributed by atoms with Crippen LogP contribution in [-0.2, 0) is 4.74 Å². The third kappa shape index (κ3) is 2.73. The summed E-state index contributed by atoms with van der Waals surface area (Å²) in [5, 5.41) is 10.2. The second-order valence-electron chi connectivity index (χ2n) is 4.05. The fraction of sp³-hybridized carbons (Fsp3) is 0.500. The minimum atomic E-state index is -0.684. The average Bonchev–Trinajstić information content (AvgIpc) is 2.70. The van der Waals surface area contributed by atoms with Crippen molar-refractivity contribution >= 4 is 11.6 Å². The van der Waals surface area contributed by atoms with Crippen LogP contribution < -0.4 is 0 Å². The van der Waals surface area contributed by atoms with Gasteiger partial charge in [-0.25, -0.2) is 4.39 Å². The molecule has 0 amide bonds. The van der Waals surface area contributed by atoms with Gasteiger partial charge in [0.2, 0.25) is 0 Å². The van der Waals surface area contributed by atoms with E-state index < -0.39 is 11.9 Å². The van der Waals surface area contributed by atoms with E-state index >= 15 is 0 Å². The van der Waals surface area contributed by atoms with Gasteiger partial charge in [-0.15, -0.1) is 0 Å². The zero-order valence-corrected chi connectivity index (χ0v) is 9.58. The van der Waals surface area contributed by atoms with E-state index in [-0.39, 0.29) is 11.1 Å². The van der Waals surface area contributed by atoms with Crippen LogP contribution in [0, 0.1) is 5.82 Å². The van der Waals surface area contributed by atoms with Gasteiger partial charge in [0.15, 0.2) is 0 Å². The van der Waals surface area contributed by atoms with Gasteiger partial charge in [-0.05, 0) is 30.5 Å². The van der Waals surface area contributed by atoms with Gasteiger partial charge >= 0.3 is 0 Å². The van der Waals surface area contributed by atoms with Crippen LogP contribution in [0.5, 0.6) is 0 Å². The van der Waals surface area contributed by atoms with Gasteiger partial charge in [-0.1, -0.05) is 17.7 Å². The zero-order valence-electron chi connectivity index (χ0n) is 8.83. The molecule has 2 rings (SSSR count). The highest BCUT2D eigenvalue weighted by Gasteiger charge is 2.21. The largest absolute Gasteiger partial charge is 0.388 e. The third-order valence-electron chi connectivity index (χ3n) is 2.83. The maximum absolute atomic E-state index is 12.8. The summed E-state index contributed by atoms with van der Waals surface area (Å²) in [6.07, 6.45) is 1.93. The Kier molecular flexibility index (Phi) is 3.79. The number of halogens is 2. The monoisotopic (exact) mass is 244 g/mol. The summed E-state index contributed by atoms with van der Waals surface area (Å²) in [6, 6.07) is 4.05. The Hall–Kier alpha value is -0.640. The summed E-state index contributed by atoms with van der Waals surface area (Å²) in [4.78, 5) is 0. The fourth-order valence-corrected chi connectivity index (χ4v) is 2.27. The number of benzene rings is 1. The number of ether oxygens (including phenoxy) is 1. The SMILES string of the molecule is OC(CC1CCCO1)c1ccc(F)cc1Cl. The van der Waals surface area contributed by atoms with Crippen LogP contribution in [0.4, 0.5) is 4.39 Å². The van der Waals surface area contributed by atoms with Crippen molar-refractivity contribution in [2.24, 2.45) is 0 Å². The van der Waals surface area contributed by atoms with Crippen molar-refractivity contribution in [1.82, 2.24) is 0 Å². The molecule has 0 bridgehead atoms. The molecular weight excluding hydrogens is 231 g/mol. The molecule has 2 atom stereocenters. The Balaban J connectivity index is 2.04. The highest BCUT2D eigenvalue weighted by Crippen LogP contribution is 2.29. The van der Waals surface area contributed by atoms with E-state index in [0.29, 0.717) is 12.0 Å². The lowest BCUT2D eigenvalue weighted by Crippen LogP contribution is -2.11. The number of aliphatic hydroxyl groups is 1. The molecule has 4 heteroatoms. The lowest BCUT2D eigenvalue weighted by atomic mass is 10.0. The number of hydrogen-bond acceptors (Lipinski definition) is 2. The van der Waals surface area contributed by atoms with Crippen molar-refractivity contribution in [3.63, 3.8) is 0 Å². The molecule has 1 saturated heterocycles. The molecule has 1 fully saturated rings. The summed E-state index contributed by atoms with van der Waals surface area (Å²) in [5.41, 5.74) is 0.568. The second kappa shape index (κ2) is 5.13. The number of rotatable bonds is 3. The summed E-state index contributed by atoms with van der Waals surface area (Å²) >= 11 is 5.87. The topological polar surface area (TPSA) is 29.5 Å². The predicted molar refractivity (Wildman–Crippen MR) is 60.0 cm³/mol. The predicted octanol–water partition coefficient (Wildman–Crippen LogP) is 3.08. The van der Waals surface area contributed by atoms with E-state index in [1.54, 1.807) is 0 Å². The lowest BCUT2D eigenvalue weighted by Gasteiger charge is -2.16. The highest BCUT2D eigenvalue weighted by molar-refractivity contribution is 6.31. The highest BCUT2D eigenvalue weighted by atomic mass is 35.5. The van der Waals surface area contributed by atoms with E-state index in [0.717, 1.165) is 19.4 Å². The smallest absolute Gasteiger partial charge is 0.124 e. The minimum Gasteiger partial charge on any atom is -0.388 e. The van der Waals surface area contributed by atoms with Gasteiger partial charge in [0.25, 0.3) is 0 Å². The van der Waals surface area contributed by atoms with Gasteiger partial charge in [-0.2, -0.15) is 0 Å². The Morgan fingerprint density at radius 3 is 3.00 bits per heavy atom. The fourth-order valence-electron chi connectivity index (χ4n) is 1.98. The molecule has 0 aliphatic carbocycles. The molecule has 1 aliphatic heterocycles. The number of hydrogen-bond donors (Lipinski definition) is 1. The van der Waals surface area contributed by atoms with Gasteiger partial charge in [-0.3, -0.25) is 0 Å². The van der Waals surface area contributed by atoms with Crippen molar-refractivity contribution in [3.8, 4) is 0 Å². The molecule has 1 N–H and O–H groups in total. The third-order valence-corrected chi connectivity index (χ3v) is 3.16. The second-order valence-corrected chi connectivity index (χ2v) is 4.46. The van der Waals surface area contributed by atoms with Gasteiger partial charge in [0, 0.05) is 18.1 Å². The van der Waals surface area contributed by atoms with E-state index in [9.17, 15) is 9.50 Å². The van der Waals surface area contributed by atoms with Crippen LogP contribution in [0.1, 0.15) is 30.9 Å². The van der Waals surface area contributed by atoms with Crippen LogP contribution in [0.15, 0.2) is 18.2 Å². The first kappa shape index (κ1) is 11.8. The molecule has 2 unspecified atom stereocenters. The first-order valence-corrected chi connectivity index (χ1v) is 5.79. The van der Waals surface area contributed by atoms with Gasteiger partial charge in [0.1, 0.15) is 5.82 Å². The normalized spacial score (nSPS) is 22.3. The molecule has 0 spiro atoms. The van der Waals surface area contributed by atoms with Crippen molar-refractivity contribution in [1.29, 1.82) is 0 Å². The Labute approximate surface area is 99.0 Å². The first-order chi connectivity index (χ1) is 7.66. The Bertz CT molecular complexity index is 364. The van der Waals surface area contributed by atoms with Gasteiger partial charge in [0.05, 0.1) is 12.2 Å². The molecule has 2 nitrogen and oxygen atoms in total. The van der Waals surface area contributed by atoms with E-state index in [4.69, 9.17) is 16.3 Å². The Morgan fingerprint density at radius 2 is 2.38 bits per heavy atom. The molecule has 0 radical (unpaired) electrons. The lowest BCUT2D eigenvalue weighted by molar-refractivity contribution is 0.0535. The molecule has 0 aromatic heterocycles. The molecule has 0 saturated carbocycles. The number of aliphatic hydroxyl groups excluding tert-OH is 1. The summed E-state index contributed by atoms with van der Waals surface area (Å²) in [6.45, 7) is 0.758. The van der Waals surface area contributed by atoms with E-state index in [1.165, 1.54) is 18.2 Å². The molecule has 1 heterocycles. The summed E-state index contributed by atoms with van der Waals surface area (Å²) < 4.78 is 18.3. The van der Waals surface area contributed by atoms with Crippen LogP contribution in [0.3, 0.4) is 0 Å². The molecule has 88 valence electrons. The van der Waals surface area contributed by atoms with Crippen LogP contribution >= 0.6 is 11.6 Å². The van der Waals surface area contributed by atoms with Crippen LogP contribution in [-0.4, -0.2) is 17.8 Å².